The summed E-state index contributed by atoms with van der Waals surface area (Å²) in [5.74, 6) is -0.736. The molecule has 3 aromatic rings. The normalized spacial score (nSPS) is 10.4. The van der Waals surface area contributed by atoms with Gasteiger partial charge < -0.3 is 10.1 Å². The number of nitrogens with zero attached hydrogens (tertiary/aromatic N) is 2. The van der Waals surface area contributed by atoms with Crippen LogP contribution in [0.5, 0.6) is 0 Å². The van der Waals surface area contributed by atoms with Crippen LogP contribution in [0.25, 0.3) is 5.69 Å². The Morgan fingerprint density at radius 2 is 1.65 bits per heavy atom. The van der Waals surface area contributed by atoms with Gasteiger partial charge in [-0.25, -0.2) is 9.48 Å². The lowest BCUT2D eigenvalue weighted by Crippen LogP contribution is -2.13. The molecule has 0 saturated carbocycles. The second-order valence-electron chi connectivity index (χ2n) is 5.94. The van der Waals surface area contributed by atoms with Gasteiger partial charge in [0.1, 0.15) is 0 Å². The zero-order valence-corrected chi connectivity index (χ0v) is 14.8. The molecule has 1 amide bonds. The standard InChI is InChI=1S/C20H19N3O3/c1-13-4-10-17(11-5-13)23-14(2)12-18(22-23)19(24)21-16-8-6-15(7-9-16)20(25)26-3/h4-12H,1-3H3,(H,21,24). The summed E-state index contributed by atoms with van der Waals surface area (Å²) in [5.41, 5.74) is 4.23. The summed E-state index contributed by atoms with van der Waals surface area (Å²) >= 11 is 0. The summed E-state index contributed by atoms with van der Waals surface area (Å²) in [6.07, 6.45) is 0. The van der Waals surface area contributed by atoms with Gasteiger partial charge in [-0.3, -0.25) is 4.79 Å². The molecule has 132 valence electrons. The molecule has 6 heteroatoms. The lowest BCUT2D eigenvalue weighted by Gasteiger charge is -2.05. The first-order valence-electron chi connectivity index (χ1n) is 8.11. The van der Waals surface area contributed by atoms with Crippen LogP contribution in [-0.4, -0.2) is 28.8 Å². The van der Waals surface area contributed by atoms with E-state index in [-0.39, 0.29) is 5.91 Å². The van der Waals surface area contributed by atoms with Gasteiger partial charge in [0.05, 0.1) is 18.4 Å². The van der Waals surface area contributed by atoms with E-state index in [1.165, 1.54) is 7.11 Å². The van der Waals surface area contributed by atoms with Crippen molar-refractivity contribution in [1.82, 2.24) is 9.78 Å². The smallest absolute Gasteiger partial charge is 0.337 e. The van der Waals surface area contributed by atoms with Crippen molar-refractivity contribution in [3.63, 3.8) is 0 Å². The summed E-state index contributed by atoms with van der Waals surface area (Å²) in [7, 11) is 1.32. The summed E-state index contributed by atoms with van der Waals surface area (Å²) < 4.78 is 6.38. The van der Waals surface area contributed by atoms with E-state index >= 15 is 0 Å². The molecule has 0 unspecified atom stereocenters. The molecule has 1 N–H and O–H groups in total. The molecule has 0 atom stereocenters. The van der Waals surface area contributed by atoms with Crippen molar-refractivity contribution in [2.24, 2.45) is 0 Å². The molecule has 1 aromatic heterocycles. The van der Waals surface area contributed by atoms with Crippen LogP contribution < -0.4 is 5.32 Å². The van der Waals surface area contributed by atoms with E-state index < -0.39 is 5.97 Å². The second kappa shape index (κ2) is 7.23. The molecule has 0 saturated heterocycles. The monoisotopic (exact) mass is 349 g/mol. The highest BCUT2D eigenvalue weighted by Gasteiger charge is 2.14. The minimum atomic E-state index is -0.421. The van der Waals surface area contributed by atoms with E-state index in [0.29, 0.717) is 16.9 Å². The van der Waals surface area contributed by atoms with Gasteiger partial charge >= 0.3 is 5.97 Å². The van der Waals surface area contributed by atoms with Gasteiger partial charge in [-0.1, -0.05) is 17.7 Å². The first-order chi connectivity index (χ1) is 12.5. The van der Waals surface area contributed by atoms with Crippen LogP contribution in [-0.2, 0) is 4.74 Å². The first kappa shape index (κ1) is 17.4. The van der Waals surface area contributed by atoms with E-state index in [2.05, 4.69) is 15.2 Å². The average Bonchev–Trinajstić information content (AvgIpc) is 3.04. The Labute approximate surface area is 151 Å². The Kier molecular flexibility index (Phi) is 4.84. The number of methoxy groups -OCH3 is 1. The van der Waals surface area contributed by atoms with Crippen LogP contribution >= 0.6 is 0 Å². The van der Waals surface area contributed by atoms with Crippen LogP contribution in [0.3, 0.4) is 0 Å². The fourth-order valence-corrected chi connectivity index (χ4v) is 2.54. The topological polar surface area (TPSA) is 73.2 Å². The molecule has 0 spiro atoms. The Morgan fingerprint density at radius 1 is 1.00 bits per heavy atom. The number of anilines is 1. The predicted molar refractivity (Wildman–Crippen MR) is 98.8 cm³/mol. The van der Waals surface area contributed by atoms with Gasteiger partial charge in [0.15, 0.2) is 5.69 Å². The molecule has 6 nitrogen and oxygen atoms in total. The molecule has 3 rings (SSSR count). The summed E-state index contributed by atoms with van der Waals surface area (Å²) in [5, 5.41) is 7.17. The van der Waals surface area contributed by atoms with Crippen LogP contribution in [0.4, 0.5) is 5.69 Å². The molecule has 0 aliphatic heterocycles. The van der Waals surface area contributed by atoms with Gasteiger partial charge in [-0.2, -0.15) is 5.10 Å². The van der Waals surface area contributed by atoms with Crippen LogP contribution in [0.2, 0.25) is 0 Å². The highest BCUT2D eigenvalue weighted by atomic mass is 16.5. The maximum Gasteiger partial charge on any atom is 0.337 e. The highest BCUT2D eigenvalue weighted by molar-refractivity contribution is 6.03. The Bertz CT molecular complexity index is 941. The van der Waals surface area contributed by atoms with Crippen molar-refractivity contribution in [2.75, 3.05) is 12.4 Å². The predicted octanol–water partition coefficient (Wildman–Crippen LogP) is 3.53. The van der Waals surface area contributed by atoms with Crippen molar-refractivity contribution in [3.05, 3.63) is 77.1 Å². The molecule has 1 heterocycles. The number of hydrogen-bond acceptors (Lipinski definition) is 4. The maximum absolute atomic E-state index is 12.5. The fourth-order valence-electron chi connectivity index (χ4n) is 2.54. The van der Waals surface area contributed by atoms with Crippen molar-refractivity contribution in [2.45, 2.75) is 13.8 Å². The lowest BCUT2D eigenvalue weighted by atomic mass is 10.2. The van der Waals surface area contributed by atoms with E-state index in [0.717, 1.165) is 16.9 Å². The number of carbonyl (C=O) groups is 2. The Balaban J connectivity index is 1.77. The summed E-state index contributed by atoms with van der Waals surface area (Å²) in [6.45, 7) is 3.92. The average molecular weight is 349 g/mol. The van der Waals surface area contributed by atoms with Crippen LogP contribution in [0.15, 0.2) is 54.6 Å². The molecule has 2 aromatic carbocycles. The molecule has 0 radical (unpaired) electrons. The Hall–Kier alpha value is -3.41. The van der Waals surface area contributed by atoms with Crippen LogP contribution in [0, 0.1) is 13.8 Å². The van der Waals surface area contributed by atoms with Crippen molar-refractivity contribution in [1.29, 1.82) is 0 Å². The summed E-state index contributed by atoms with van der Waals surface area (Å²) in [4.78, 5) is 23.9. The third-order valence-corrected chi connectivity index (χ3v) is 3.96. The first-order valence-corrected chi connectivity index (χ1v) is 8.11. The second-order valence-corrected chi connectivity index (χ2v) is 5.94. The molecular formula is C20H19N3O3. The third kappa shape index (κ3) is 3.64. The van der Waals surface area contributed by atoms with Gasteiger partial charge in [0.2, 0.25) is 0 Å². The SMILES string of the molecule is COC(=O)c1ccc(NC(=O)c2cc(C)n(-c3ccc(C)cc3)n2)cc1. The number of aryl methyl sites for hydroxylation is 2. The number of benzene rings is 2. The number of esters is 1. The Morgan fingerprint density at radius 3 is 2.27 bits per heavy atom. The van der Waals surface area contributed by atoms with Gasteiger partial charge in [0, 0.05) is 11.4 Å². The molecule has 0 fully saturated rings. The molecule has 0 bridgehead atoms. The van der Waals surface area contributed by atoms with Crippen molar-refractivity contribution >= 4 is 17.6 Å². The van der Waals surface area contributed by atoms with Crippen LogP contribution in [0.1, 0.15) is 32.1 Å². The molecule has 0 aliphatic carbocycles. The van der Waals surface area contributed by atoms with Gasteiger partial charge in [0.25, 0.3) is 5.91 Å². The van der Waals surface area contributed by atoms with Gasteiger partial charge in [-0.05, 0) is 56.3 Å². The van der Waals surface area contributed by atoms with E-state index in [1.807, 2.05) is 38.1 Å². The number of hydrogen-bond donors (Lipinski definition) is 1. The largest absolute Gasteiger partial charge is 0.465 e. The zero-order valence-electron chi connectivity index (χ0n) is 14.8. The number of aromatic nitrogens is 2. The number of rotatable bonds is 4. The minimum absolute atomic E-state index is 0.315. The van der Waals surface area contributed by atoms with E-state index in [4.69, 9.17) is 0 Å². The van der Waals surface area contributed by atoms with Crippen molar-refractivity contribution in [3.8, 4) is 5.69 Å². The van der Waals surface area contributed by atoms with Crippen molar-refractivity contribution < 1.29 is 14.3 Å². The number of nitrogens with one attached hydrogen (secondary N) is 1. The lowest BCUT2D eigenvalue weighted by molar-refractivity contribution is 0.0600. The molecular weight excluding hydrogens is 330 g/mol. The third-order valence-electron chi connectivity index (χ3n) is 3.96. The highest BCUT2D eigenvalue weighted by Crippen LogP contribution is 2.15. The number of amides is 1. The maximum atomic E-state index is 12.5. The quantitative estimate of drug-likeness (QED) is 0.731. The minimum Gasteiger partial charge on any atom is -0.465 e. The summed E-state index contributed by atoms with van der Waals surface area (Å²) in [6, 6.07) is 16.1. The fraction of sp³-hybridized carbons (Fsp3) is 0.150. The van der Waals surface area contributed by atoms with Gasteiger partial charge in [-0.15, -0.1) is 0 Å². The number of ether oxygens (including phenoxy) is 1. The van der Waals surface area contributed by atoms with E-state index in [1.54, 1.807) is 35.0 Å². The molecule has 0 aliphatic rings. The van der Waals surface area contributed by atoms with E-state index in [9.17, 15) is 9.59 Å². The zero-order chi connectivity index (χ0) is 18.7. The number of carbonyl (C=O) groups excluding carboxylic acids is 2. The molecule has 26 heavy (non-hydrogen) atoms.